The zero-order chi connectivity index (χ0) is 11.4. The summed E-state index contributed by atoms with van der Waals surface area (Å²) < 4.78 is 0. The summed E-state index contributed by atoms with van der Waals surface area (Å²) in [7, 11) is -0.974. The molecule has 3 heteroatoms. The Morgan fingerprint density at radius 1 is 0.929 bits per heavy atom. The first-order valence-electron chi connectivity index (χ1n) is 5.50. The van der Waals surface area contributed by atoms with Crippen LogP contribution in [0.15, 0.2) is 0 Å². The molecule has 0 spiro atoms. The summed E-state index contributed by atoms with van der Waals surface area (Å²) in [5.74, 6) is 1.34. The van der Waals surface area contributed by atoms with Gasteiger partial charge in [-0.25, -0.2) is 0 Å². The van der Waals surface area contributed by atoms with E-state index in [4.69, 9.17) is 0 Å². The molecule has 0 rings (SSSR count). The van der Waals surface area contributed by atoms with Crippen LogP contribution in [0.4, 0.5) is 0 Å². The van der Waals surface area contributed by atoms with Gasteiger partial charge in [-0.15, -0.1) is 0 Å². The Labute approximate surface area is 100 Å². The van der Waals surface area contributed by atoms with Crippen molar-refractivity contribution in [1.29, 1.82) is 0 Å². The highest BCUT2D eigenvalue weighted by Gasteiger charge is 2.27. The van der Waals surface area contributed by atoms with Crippen molar-refractivity contribution in [3.05, 3.63) is 0 Å². The average Bonchev–Trinajstić information content (AvgIpc) is 1.94. The van der Waals surface area contributed by atoms with Crippen molar-refractivity contribution in [2.45, 2.75) is 62.7 Å². The summed E-state index contributed by atoms with van der Waals surface area (Å²) in [4.78, 5) is 0.912. The summed E-state index contributed by atoms with van der Waals surface area (Å²) in [6.07, 6.45) is 0. The molecule has 1 unspecified atom stereocenters. The molecule has 0 bridgehead atoms. The number of hydrogen-bond acceptors (Lipinski definition) is 2. The standard InChI is InChI=1S/C11H26S2Si/c1-9(2)12-8-11(13-10(3)4)14(5,6)7/h9-11H,8H2,1-7H3. The molecular formula is C11H26S2Si. The van der Waals surface area contributed by atoms with Gasteiger partial charge in [0.05, 0.1) is 8.07 Å². The Kier molecular flexibility index (Phi) is 6.91. The highest BCUT2D eigenvalue weighted by Crippen LogP contribution is 2.30. The maximum absolute atomic E-state index is 2.49. The van der Waals surface area contributed by atoms with E-state index in [9.17, 15) is 0 Å². The van der Waals surface area contributed by atoms with Gasteiger partial charge in [-0.3, -0.25) is 0 Å². The van der Waals surface area contributed by atoms with Crippen LogP contribution < -0.4 is 0 Å². The highest BCUT2D eigenvalue weighted by molar-refractivity contribution is 8.05. The van der Waals surface area contributed by atoms with E-state index in [2.05, 4.69) is 70.9 Å². The van der Waals surface area contributed by atoms with E-state index in [-0.39, 0.29) is 0 Å². The third-order valence-electron chi connectivity index (χ3n) is 1.98. The van der Waals surface area contributed by atoms with Crippen molar-refractivity contribution < 1.29 is 0 Å². The molecule has 0 radical (unpaired) electrons. The van der Waals surface area contributed by atoms with E-state index in [0.717, 1.165) is 15.4 Å². The van der Waals surface area contributed by atoms with Gasteiger partial charge < -0.3 is 0 Å². The number of rotatable bonds is 6. The highest BCUT2D eigenvalue weighted by atomic mass is 32.2. The Morgan fingerprint density at radius 2 is 1.43 bits per heavy atom. The van der Waals surface area contributed by atoms with Crippen molar-refractivity contribution in [3.63, 3.8) is 0 Å². The summed E-state index contributed by atoms with van der Waals surface area (Å²) in [5.41, 5.74) is 0. The molecule has 0 N–H and O–H groups in total. The van der Waals surface area contributed by atoms with E-state index < -0.39 is 8.07 Å². The lowest BCUT2D eigenvalue weighted by atomic mass is 10.6. The molecule has 0 amide bonds. The molecule has 0 saturated heterocycles. The Hall–Kier alpha value is 0.917. The molecule has 0 nitrogen and oxygen atoms in total. The third kappa shape index (κ3) is 7.24. The first-order chi connectivity index (χ1) is 6.23. The molecule has 0 aromatic heterocycles. The van der Waals surface area contributed by atoms with Gasteiger partial charge in [0, 0.05) is 10.6 Å². The van der Waals surface area contributed by atoms with Gasteiger partial charge in [-0.2, -0.15) is 23.5 Å². The first-order valence-corrected chi connectivity index (χ1v) is 11.1. The van der Waals surface area contributed by atoms with Crippen molar-refractivity contribution in [2.24, 2.45) is 0 Å². The first kappa shape index (κ1) is 14.9. The second kappa shape index (κ2) is 6.49. The van der Waals surface area contributed by atoms with Crippen molar-refractivity contribution in [3.8, 4) is 0 Å². The lowest BCUT2D eigenvalue weighted by Crippen LogP contribution is -2.38. The molecule has 0 aliphatic rings. The van der Waals surface area contributed by atoms with Crippen LogP contribution in [-0.2, 0) is 0 Å². The smallest absolute Gasteiger partial charge is 0.0598 e. The summed E-state index contributed by atoms with van der Waals surface area (Å²) >= 11 is 4.31. The fraction of sp³-hybridized carbons (Fsp3) is 1.00. The van der Waals surface area contributed by atoms with Gasteiger partial charge in [0.2, 0.25) is 0 Å². The van der Waals surface area contributed by atoms with Crippen LogP contribution in [0, 0.1) is 0 Å². The van der Waals surface area contributed by atoms with E-state index >= 15 is 0 Å². The van der Waals surface area contributed by atoms with Gasteiger partial charge in [-0.05, 0) is 10.5 Å². The normalized spacial score (nSPS) is 15.2. The molecule has 0 aromatic carbocycles. The summed E-state index contributed by atoms with van der Waals surface area (Å²) in [5, 5.41) is 1.56. The lowest BCUT2D eigenvalue weighted by Gasteiger charge is -2.30. The second-order valence-corrected chi connectivity index (χ2v) is 14.7. The maximum Gasteiger partial charge on any atom is 0.0598 e. The Morgan fingerprint density at radius 3 is 1.71 bits per heavy atom. The van der Waals surface area contributed by atoms with E-state index in [0.29, 0.717) is 0 Å². The Bertz CT molecular complexity index is 150. The van der Waals surface area contributed by atoms with Crippen LogP contribution in [0.1, 0.15) is 27.7 Å². The van der Waals surface area contributed by atoms with Crippen LogP contribution >= 0.6 is 23.5 Å². The zero-order valence-electron chi connectivity index (χ0n) is 10.8. The van der Waals surface area contributed by atoms with Gasteiger partial charge >= 0.3 is 0 Å². The monoisotopic (exact) mass is 250 g/mol. The fourth-order valence-electron chi connectivity index (χ4n) is 1.10. The van der Waals surface area contributed by atoms with Crippen molar-refractivity contribution in [1.82, 2.24) is 0 Å². The molecular weight excluding hydrogens is 224 g/mol. The van der Waals surface area contributed by atoms with E-state index in [1.54, 1.807) is 0 Å². The quantitative estimate of drug-likeness (QED) is 0.636. The van der Waals surface area contributed by atoms with Crippen molar-refractivity contribution in [2.75, 3.05) is 5.75 Å². The SMILES string of the molecule is CC(C)SCC(SC(C)C)[Si](C)(C)C. The largest absolute Gasteiger partial charge is 0.158 e. The third-order valence-corrected chi connectivity index (χ3v) is 9.39. The van der Waals surface area contributed by atoms with Crippen molar-refractivity contribution >= 4 is 31.6 Å². The molecule has 0 aliphatic carbocycles. The van der Waals surface area contributed by atoms with Crippen LogP contribution in [0.5, 0.6) is 0 Å². The topological polar surface area (TPSA) is 0 Å². The predicted molar refractivity (Wildman–Crippen MR) is 77.5 cm³/mol. The number of thioether (sulfide) groups is 2. The summed E-state index contributed by atoms with van der Waals surface area (Å²) in [6, 6.07) is 0. The Balaban J connectivity index is 4.12. The van der Waals surface area contributed by atoms with E-state index in [1.165, 1.54) is 5.75 Å². The molecule has 0 aromatic rings. The molecule has 14 heavy (non-hydrogen) atoms. The van der Waals surface area contributed by atoms with Crippen LogP contribution in [0.2, 0.25) is 19.6 Å². The van der Waals surface area contributed by atoms with Crippen LogP contribution in [0.3, 0.4) is 0 Å². The van der Waals surface area contributed by atoms with Crippen LogP contribution in [-0.4, -0.2) is 29.2 Å². The van der Waals surface area contributed by atoms with E-state index in [1.807, 2.05) is 0 Å². The fourth-order valence-corrected chi connectivity index (χ4v) is 7.61. The van der Waals surface area contributed by atoms with Gasteiger partial charge in [0.15, 0.2) is 0 Å². The summed E-state index contributed by atoms with van der Waals surface area (Å²) in [6.45, 7) is 16.7. The minimum absolute atomic E-state index is 0.777. The zero-order valence-corrected chi connectivity index (χ0v) is 13.4. The molecule has 86 valence electrons. The second-order valence-electron chi connectivity index (χ2n) is 5.42. The van der Waals surface area contributed by atoms with Gasteiger partial charge in [0.25, 0.3) is 0 Å². The molecule has 1 atom stereocenters. The lowest BCUT2D eigenvalue weighted by molar-refractivity contribution is 1.09. The van der Waals surface area contributed by atoms with Gasteiger partial charge in [-0.1, -0.05) is 47.3 Å². The predicted octanol–water partition coefficient (Wildman–Crippen LogP) is 4.52. The average molecular weight is 251 g/mol. The molecule has 0 aliphatic heterocycles. The number of hydrogen-bond donors (Lipinski definition) is 0. The maximum atomic E-state index is 2.49. The van der Waals surface area contributed by atoms with Gasteiger partial charge in [0.1, 0.15) is 0 Å². The molecule has 0 fully saturated rings. The molecule has 0 heterocycles. The minimum Gasteiger partial charge on any atom is -0.158 e. The molecule has 0 saturated carbocycles. The minimum atomic E-state index is -0.974. The van der Waals surface area contributed by atoms with Crippen LogP contribution in [0.25, 0.3) is 0 Å².